The highest BCUT2D eigenvalue weighted by Crippen LogP contribution is 2.34. The van der Waals surface area contributed by atoms with Crippen LogP contribution in [0.25, 0.3) is 5.57 Å². The van der Waals surface area contributed by atoms with Crippen molar-refractivity contribution in [2.24, 2.45) is 0 Å². The lowest BCUT2D eigenvalue weighted by molar-refractivity contribution is -0.120. The summed E-state index contributed by atoms with van der Waals surface area (Å²) in [7, 11) is 0. The number of amides is 2. The van der Waals surface area contributed by atoms with Gasteiger partial charge >= 0.3 is 0 Å². The third-order valence-corrected chi connectivity index (χ3v) is 5.74. The number of aryl methyl sites for hydroxylation is 3. The first-order valence-corrected chi connectivity index (χ1v) is 11.2. The third-order valence-electron chi connectivity index (χ3n) is 5.74. The van der Waals surface area contributed by atoms with Gasteiger partial charge in [-0.05, 0) is 85.8 Å². The van der Waals surface area contributed by atoms with Crippen molar-refractivity contribution in [2.75, 3.05) is 16.8 Å². The molecule has 4 rings (SSSR count). The minimum Gasteiger partial charge on any atom is -0.494 e. The molecule has 0 bridgehead atoms. The van der Waals surface area contributed by atoms with Crippen LogP contribution < -0.4 is 15.0 Å². The van der Waals surface area contributed by atoms with E-state index in [0.717, 1.165) is 34.5 Å². The highest BCUT2D eigenvalue weighted by molar-refractivity contribution is 6.46. The largest absolute Gasteiger partial charge is 0.494 e. The molecular formula is C28H28N2O3. The summed E-state index contributed by atoms with van der Waals surface area (Å²) in [6, 6.07) is 20.6. The highest BCUT2D eigenvalue weighted by Gasteiger charge is 2.40. The van der Waals surface area contributed by atoms with Gasteiger partial charge in [-0.2, -0.15) is 0 Å². The number of carbonyl (C=O) groups is 2. The average molecular weight is 441 g/mol. The summed E-state index contributed by atoms with van der Waals surface area (Å²) in [5.41, 5.74) is 5.85. The Hall–Kier alpha value is -3.86. The van der Waals surface area contributed by atoms with Gasteiger partial charge in [-0.25, -0.2) is 4.90 Å². The van der Waals surface area contributed by atoms with Crippen molar-refractivity contribution in [3.8, 4) is 5.75 Å². The molecule has 1 aliphatic heterocycles. The van der Waals surface area contributed by atoms with Crippen molar-refractivity contribution in [2.45, 2.75) is 34.1 Å². The van der Waals surface area contributed by atoms with Gasteiger partial charge in [-0.3, -0.25) is 9.59 Å². The smallest absolute Gasteiger partial charge is 0.282 e. The van der Waals surface area contributed by atoms with Gasteiger partial charge in [0, 0.05) is 5.69 Å². The van der Waals surface area contributed by atoms with Crippen LogP contribution in [0.1, 0.15) is 35.6 Å². The SMILES string of the molecule is CCCOc1ccc(C2=C(Nc3ccc(C)c(C)c3)C(=O)N(c3cccc(C)c3)C2=O)cc1. The number of carbonyl (C=O) groups excluding carboxylic acids is 2. The highest BCUT2D eigenvalue weighted by atomic mass is 16.5. The molecule has 1 N–H and O–H groups in total. The molecule has 0 atom stereocenters. The maximum atomic E-state index is 13.6. The van der Waals surface area contributed by atoms with Crippen LogP contribution in [0.15, 0.2) is 72.4 Å². The van der Waals surface area contributed by atoms with Crippen LogP contribution in [0.5, 0.6) is 5.75 Å². The molecule has 0 unspecified atom stereocenters. The quantitative estimate of drug-likeness (QED) is 0.472. The van der Waals surface area contributed by atoms with E-state index in [-0.39, 0.29) is 17.5 Å². The molecule has 5 nitrogen and oxygen atoms in total. The lowest BCUT2D eigenvalue weighted by Crippen LogP contribution is -2.32. The van der Waals surface area contributed by atoms with Gasteiger partial charge in [0.15, 0.2) is 0 Å². The molecule has 3 aromatic carbocycles. The number of anilines is 2. The zero-order valence-electron chi connectivity index (χ0n) is 19.4. The van der Waals surface area contributed by atoms with Crippen LogP contribution in [0.2, 0.25) is 0 Å². The van der Waals surface area contributed by atoms with Crippen molar-refractivity contribution < 1.29 is 14.3 Å². The summed E-state index contributed by atoms with van der Waals surface area (Å²) in [6.07, 6.45) is 0.912. The number of nitrogens with one attached hydrogen (secondary N) is 1. The third kappa shape index (κ3) is 4.53. The van der Waals surface area contributed by atoms with Crippen LogP contribution in [0, 0.1) is 20.8 Å². The summed E-state index contributed by atoms with van der Waals surface area (Å²) < 4.78 is 5.68. The predicted molar refractivity (Wildman–Crippen MR) is 132 cm³/mol. The predicted octanol–water partition coefficient (Wildman–Crippen LogP) is 5.80. The molecule has 0 aliphatic carbocycles. The van der Waals surface area contributed by atoms with Crippen LogP contribution in [-0.4, -0.2) is 18.4 Å². The van der Waals surface area contributed by atoms with Gasteiger partial charge in [0.25, 0.3) is 11.8 Å². The van der Waals surface area contributed by atoms with E-state index in [1.54, 1.807) is 6.07 Å². The van der Waals surface area contributed by atoms with E-state index in [1.165, 1.54) is 4.90 Å². The molecule has 0 saturated heterocycles. The Morgan fingerprint density at radius 2 is 1.61 bits per heavy atom. The van der Waals surface area contributed by atoms with E-state index >= 15 is 0 Å². The lowest BCUT2D eigenvalue weighted by Gasteiger charge is -2.16. The number of ether oxygens (including phenoxy) is 1. The normalized spacial score (nSPS) is 13.6. The molecule has 5 heteroatoms. The zero-order chi connectivity index (χ0) is 23.5. The molecule has 33 heavy (non-hydrogen) atoms. The van der Waals surface area contributed by atoms with Crippen LogP contribution in [-0.2, 0) is 9.59 Å². The van der Waals surface area contributed by atoms with Crippen molar-refractivity contribution in [1.82, 2.24) is 0 Å². The van der Waals surface area contributed by atoms with Gasteiger partial charge in [-0.15, -0.1) is 0 Å². The van der Waals surface area contributed by atoms with E-state index in [1.807, 2.05) is 88.4 Å². The van der Waals surface area contributed by atoms with Crippen LogP contribution >= 0.6 is 0 Å². The van der Waals surface area contributed by atoms with E-state index in [4.69, 9.17) is 4.74 Å². The topological polar surface area (TPSA) is 58.6 Å². The van der Waals surface area contributed by atoms with Crippen LogP contribution in [0.4, 0.5) is 11.4 Å². The molecule has 0 spiro atoms. The summed E-state index contributed by atoms with van der Waals surface area (Å²) in [5, 5.41) is 3.24. The number of hydrogen-bond donors (Lipinski definition) is 1. The molecule has 0 aromatic heterocycles. The van der Waals surface area contributed by atoms with E-state index in [0.29, 0.717) is 23.4 Å². The molecule has 1 aliphatic rings. The number of rotatable bonds is 7. The average Bonchev–Trinajstić information content (AvgIpc) is 3.04. The van der Waals surface area contributed by atoms with Gasteiger partial charge in [0.1, 0.15) is 11.4 Å². The Bertz CT molecular complexity index is 1240. The first kappa shape index (κ1) is 22.3. The zero-order valence-corrected chi connectivity index (χ0v) is 19.4. The minimum absolute atomic E-state index is 0.270. The maximum absolute atomic E-state index is 13.6. The Labute approximate surface area is 194 Å². The molecule has 3 aromatic rings. The standard InChI is InChI=1S/C28H28N2O3/c1-5-15-33-24-13-10-21(11-14-24)25-26(29-22-12-9-19(3)20(4)17-22)28(32)30(27(25)31)23-8-6-7-18(2)16-23/h6-14,16-17,29H,5,15H2,1-4H3. The fourth-order valence-corrected chi connectivity index (χ4v) is 3.82. The molecular weight excluding hydrogens is 412 g/mol. The Morgan fingerprint density at radius 1 is 0.848 bits per heavy atom. The Kier molecular flexibility index (Phi) is 6.31. The second-order valence-electron chi connectivity index (χ2n) is 8.33. The van der Waals surface area contributed by atoms with Gasteiger partial charge in [-0.1, -0.05) is 37.3 Å². The second kappa shape index (κ2) is 9.33. The molecule has 1 heterocycles. The summed E-state index contributed by atoms with van der Waals surface area (Å²) >= 11 is 0. The first-order chi connectivity index (χ1) is 15.9. The molecule has 168 valence electrons. The monoisotopic (exact) mass is 440 g/mol. The van der Waals surface area contributed by atoms with Crippen molar-refractivity contribution in [3.63, 3.8) is 0 Å². The van der Waals surface area contributed by atoms with E-state index in [9.17, 15) is 9.59 Å². The molecule has 0 fully saturated rings. The van der Waals surface area contributed by atoms with Gasteiger partial charge in [0.2, 0.25) is 0 Å². The lowest BCUT2D eigenvalue weighted by atomic mass is 10.0. The van der Waals surface area contributed by atoms with E-state index < -0.39 is 0 Å². The summed E-state index contributed by atoms with van der Waals surface area (Å²) in [4.78, 5) is 28.4. The fraction of sp³-hybridized carbons (Fsp3) is 0.214. The van der Waals surface area contributed by atoms with E-state index in [2.05, 4.69) is 5.32 Å². The second-order valence-corrected chi connectivity index (χ2v) is 8.33. The molecule has 0 radical (unpaired) electrons. The number of nitrogens with zero attached hydrogens (tertiary/aromatic N) is 1. The molecule has 2 amide bonds. The van der Waals surface area contributed by atoms with Crippen molar-refractivity contribution in [1.29, 1.82) is 0 Å². The number of benzene rings is 3. The van der Waals surface area contributed by atoms with Crippen molar-refractivity contribution in [3.05, 3.63) is 94.7 Å². The van der Waals surface area contributed by atoms with Crippen LogP contribution in [0.3, 0.4) is 0 Å². The number of hydrogen-bond acceptors (Lipinski definition) is 4. The summed E-state index contributed by atoms with van der Waals surface area (Å²) in [5.74, 6) is 0.0153. The van der Waals surface area contributed by atoms with Crippen molar-refractivity contribution >= 4 is 28.8 Å². The Balaban J connectivity index is 1.77. The maximum Gasteiger partial charge on any atom is 0.282 e. The van der Waals surface area contributed by atoms with Gasteiger partial charge in [0.05, 0.1) is 17.9 Å². The summed E-state index contributed by atoms with van der Waals surface area (Å²) in [6.45, 7) is 8.67. The Morgan fingerprint density at radius 3 is 2.27 bits per heavy atom. The minimum atomic E-state index is -0.370. The first-order valence-electron chi connectivity index (χ1n) is 11.2. The fourth-order valence-electron chi connectivity index (χ4n) is 3.82. The number of imide groups is 1. The van der Waals surface area contributed by atoms with Gasteiger partial charge < -0.3 is 10.1 Å². The molecule has 0 saturated carbocycles.